The Morgan fingerprint density at radius 2 is 2.03 bits per heavy atom. The largest absolute Gasteiger partial charge is 1.00 e. The third-order valence-corrected chi connectivity index (χ3v) is 6.95. The van der Waals surface area contributed by atoms with Crippen molar-refractivity contribution in [2.75, 3.05) is 17.7 Å². The minimum absolute atomic E-state index is 0. The van der Waals surface area contributed by atoms with Crippen molar-refractivity contribution in [3.8, 4) is 0 Å². The third-order valence-electron chi connectivity index (χ3n) is 4.85. The first-order valence-electron chi connectivity index (χ1n) is 10.8. The molecule has 3 amide bonds. The predicted octanol–water partition coefficient (Wildman–Crippen LogP) is -2.07. The number of rotatable bonds is 7. The predicted molar refractivity (Wildman–Crippen MR) is 129 cm³/mol. The number of carbonyl (C=O) groups is 4. The van der Waals surface area contributed by atoms with E-state index in [0.717, 1.165) is 16.2 Å². The smallest absolute Gasteiger partial charge is 0.543 e. The Kier molecular flexibility index (Phi) is 10.2. The number of allylic oxidation sites excluding steroid dienone is 1. The molecule has 36 heavy (non-hydrogen) atoms. The monoisotopic (exact) mass is 546 g/mol. The second-order valence-corrected chi connectivity index (χ2v) is 11.2. The van der Waals surface area contributed by atoms with Crippen LogP contribution in [0.3, 0.4) is 0 Å². The summed E-state index contributed by atoms with van der Waals surface area (Å²) in [6.45, 7) is 8.45. The number of ether oxygens (including phenoxy) is 1. The van der Waals surface area contributed by atoms with Crippen molar-refractivity contribution < 1.29 is 63.7 Å². The number of aromatic nitrogens is 1. The molecule has 2 atom stereocenters. The number of aliphatic carboxylic acids is 1. The maximum Gasteiger partial charge on any atom is 1.00 e. The van der Waals surface area contributed by atoms with Crippen molar-refractivity contribution in [3.05, 3.63) is 28.4 Å². The number of anilines is 1. The van der Waals surface area contributed by atoms with Crippen molar-refractivity contribution >= 4 is 57.7 Å². The molecule has 2 aliphatic rings. The van der Waals surface area contributed by atoms with Crippen LogP contribution in [0.5, 0.6) is 0 Å². The molecule has 1 saturated heterocycles. The second-order valence-electron chi connectivity index (χ2n) is 9.25. The van der Waals surface area contributed by atoms with Crippen LogP contribution >= 0.6 is 23.1 Å². The van der Waals surface area contributed by atoms with E-state index < -0.39 is 47.5 Å². The minimum Gasteiger partial charge on any atom is -0.543 e. The van der Waals surface area contributed by atoms with Crippen LogP contribution in [0.1, 0.15) is 40.3 Å². The molecule has 1 aromatic heterocycles. The summed E-state index contributed by atoms with van der Waals surface area (Å²) >= 11 is 2.36. The number of thiazole rings is 1. The van der Waals surface area contributed by atoms with Gasteiger partial charge >= 0.3 is 35.7 Å². The number of hydrogen-bond donors (Lipinski definition) is 3. The SMILES string of the molecule is CC(C)/C=C(\C(=O)N[C@@H]1C(=O)N2C(C(=O)[O-])=C(CO)CS[C@@H]12)c1csc(NC(=O)OC(C)(C)C)n1.[Na+]. The molecule has 0 unspecified atom stereocenters. The van der Waals surface area contributed by atoms with Crippen molar-refractivity contribution in [2.24, 2.45) is 5.92 Å². The molecule has 0 spiro atoms. The Hall–Kier alpha value is -1.90. The summed E-state index contributed by atoms with van der Waals surface area (Å²) in [7, 11) is 0. The molecule has 3 heterocycles. The van der Waals surface area contributed by atoms with Gasteiger partial charge in [-0.15, -0.1) is 23.1 Å². The van der Waals surface area contributed by atoms with Gasteiger partial charge in [-0.3, -0.25) is 19.8 Å². The fourth-order valence-electron chi connectivity index (χ4n) is 3.47. The maximum atomic E-state index is 13.2. The molecule has 190 valence electrons. The summed E-state index contributed by atoms with van der Waals surface area (Å²) in [5.74, 6) is -2.54. The Balaban J connectivity index is 0.00000456. The van der Waals surface area contributed by atoms with E-state index in [1.54, 1.807) is 32.2 Å². The number of thioether (sulfide) groups is 1. The Bertz CT molecular complexity index is 1110. The summed E-state index contributed by atoms with van der Waals surface area (Å²) in [5, 5.41) is 27.4. The minimum atomic E-state index is -1.55. The van der Waals surface area contributed by atoms with Gasteiger partial charge in [0, 0.05) is 11.1 Å². The van der Waals surface area contributed by atoms with Crippen LogP contribution in [0.2, 0.25) is 0 Å². The Labute approximate surface area is 239 Å². The Morgan fingerprint density at radius 1 is 1.36 bits per heavy atom. The first kappa shape index (κ1) is 30.3. The first-order chi connectivity index (χ1) is 16.3. The molecule has 0 radical (unpaired) electrons. The number of aliphatic hydroxyl groups is 1. The fraction of sp³-hybridized carbons (Fsp3) is 0.500. The van der Waals surface area contributed by atoms with Gasteiger partial charge in [0.2, 0.25) is 0 Å². The zero-order chi connectivity index (χ0) is 26.1. The van der Waals surface area contributed by atoms with E-state index in [1.165, 1.54) is 11.8 Å². The quantitative estimate of drug-likeness (QED) is 0.198. The van der Waals surface area contributed by atoms with Gasteiger partial charge in [0.1, 0.15) is 17.0 Å². The van der Waals surface area contributed by atoms with Crippen LogP contribution in [0, 0.1) is 5.92 Å². The van der Waals surface area contributed by atoms with Crippen molar-refractivity contribution in [1.82, 2.24) is 15.2 Å². The number of carbonyl (C=O) groups excluding carboxylic acids is 4. The van der Waals surface area contributed by atoms with Gasteiger partial charge in [0.05, 0.1) is 29.5 Å². The van der Waals surface area contributed by atoms with E-state index in [2.05, 4.69) is 15.6 Å². The summed E-state index contributed by atoms with van der Waals surface area (Å²) in [6, 6.07) is -0.948. The van der Waals surface area contributed by atoms with Gasteiger partial charge in [-0.05, 0) is 32.3 Å². The molecule has 14 heteroatoms. The number of β-lactam (4-membered cyclic amide) rings is 1. The standard InChI is InChI=1S/C22H28N4O7S2.Na/c1-10(2)6-12(13-9-35-20(23-13)25-21(32)33-22(3,4)5)16(28)24-14-17(29)26-15(19(30)31)11(7-27)8-34-18(14)26;/h6,9-10,14,18,27H,7-8H2,1-5H3,(H,24,28)(H,30,31)(H,23,25,32);/q;+1/p-1/b12-6-;/t14-,18+;/m1./s1. The zero-order valence-corrected chi connectivity index (χ0v) is 24.5. The number of nitrogens with one attached hydrogen (secondary N) is 2. The number of hydrogen-bond acceptors (Lipinski definition) is 10. The number of fused-ring (bicyclic) bond motifs is 1. The molecule has 0 aromatic carbocycles. The van der Waals surface area contributed by atoms with E-state index in [1.807, 2.05) is 13.8 Å². The van der Waals surface area contributed by atoms with E-state index in [0.29, 0.717) is 5.69 Å². The molecule has 0 saturated carbocycles. The van der Waals surface area contributed by atoms with Gasteiger partial charge in [0.25, 0.3) is 11.8 Å². The van der Waals surface area contributed by atoms with E-state index in [9.17, 15) is 29.4 Å². The van der Waals surface area contributed by atoms with Crippen LogP contribution < -0.4 is 45.3 Å². The van der Waals surface area contributed by atoms with Gasteiger partial charge in [-0.2, -0.15) is 0 Å². The third kappa shape index (κ3) is 6.90. The zero-order valence-electron chi connectivity index (χ0n) is 20.9. The number of carboxylic acid groups (broad SMARTS) is 1. The molecular weight excluding hydrogens is 519 g/mol. The summed E-state index contributed by atoms with van der Waals surface area (Å²) < 4.78 is 5.21. The number of amides is 3. The van der Waals surface area contributed by atoms with Gasteiger partial charge < -0.3 is 25.1 Å². The molecule has 11 nitrogen and oxygen atoms in total. The van der Waals surface area contributed by atoms with Gasteiger partial charge in [0.15, 0.2) is 5.13 Å². The number of carboxylic acids is 1. The molecule has 0 bridgehead atoms. The molecule has 0 aliphatic carbocycles. The molecular formula is C22H27N4NaO7S2. The van der Waals surface area contributed by atoms with E-state index in [-0.39, 0.29) is 63.2 Å². The second kappa shape index (κ2) is 12.1. The van der Waals surface area contributed by atoms with Crippen LogP contribution in [0.15, 0.2) is 22.7 Å². The first-order valence-corrected chi connectivity index (χ1v) is 12.7. The normalized spacial score (nSPS) is 19.8. The molecule has 1 fully saturated rings. The van der Waals surface area contributed by atoms with Crippen LogP contribution in [-0.4, -0.2) is 68.2 Å². The topological polar surface area (TPSA) is 161 Å². The van der Waals surface area contributed by atoms with Crippen LogP contribution in [0.25, 0.3) is 5.57 Å². The van der Waals surface area contributed by atoms with Crippen molar-refractivity contribution in [3.63, 3.8) is 0 Å². The summed E-state index contributed by atoms with van der Waals surface area (Å²) in [6.07, 6.45) is 1.01. The van der Waals surface area contributed by atoms with Crippen LogP contribution in [0.4, 0.5) is 9.93 Å². The average molecular weight is 547 g/mol. The van der Waals surface area contributed by atoms with E-state index in [4.69, 9.17) is 4.74 Å². The average Bonchev–Trinajstić information content (AvgIpc) is 3.20. The van der Waals surface area contributed by atoms with E-state index >= 15 is 0 Å². The summed E-state index contributed by atoms with van der Waals surface area (Å²) in [5.41, 5.74) is -0.312. The summed E-state index contributed by atoms with van der Waals surface area (Å²) in [4.78, 5) is 54.8. The van der Waals surface area contributed by atoms with Gasteiger partial charge in [-0.25, -0.2) is 9.78 Å². The van der Waals surface area contributed by atoms with Crippen molar-refractivity contribution in [2.45, 2.75) is 51.6 Å². The number of aliphatic hydroxyl groups excluding tert-OH is 1. The Morgan fingerprint density at radius 3 is 2.58 bits per heavy atom. The van der Waals surface area contributed by atoms with Crippen LogP contribution in [-0.2, 0) is 19.1 Å². The number of nitrogens with zero attached hydrogens (tertiary/aromatic N) is 2. The molecule has 1 aromatic rings. The molecule has 2 aliphatic heterocycles. The molecule has 3 rings (SSSR count). The van der Waals surface area contributed by atoms with Gasteiger partial charge in [-0.1, -0.05) is 19.9 Å². The molecule has 3 N–H and O–H groups in total. The fourth-order valence-corrected chi connectivity index (χ4v) is 5.50. The maximum absolute atomic E-state index is 13.2. The van der Waals surface area contributed by atoms with Crippen molar-refractivity contribution in [1.29, 1.82) is 0 Å².